The minimum atomic E-state index is 0.562. The summed E-state index contributed by atoms with van der Waals surface area (Å²) in [5, 5.41) is 3.39. The number of nitrogens with zero attached hydrogens (tertiary/aromatic N) is 2. The molecule has 0 saturated carbocycles. The Balaban J connectivity index is 1.94. The minimum absolute atomic E-state index is 0.562. The van der Waals surface area contributed by atoms with Crippen LogP contribution in [-0.2, 0) is 0 Å². The van der Waals surface area contributed by atoms with Crippen molar-refractivity contribution in [3.05, 3.63) is 18.3 Å². The molecule has 2 rings (SSSR count). The first-order chi connectivity index (χ1) is 6.24. The van der Waals surface area contributed by atoms with E-state index in [4.69, 9.17) is 5.73 Å². The monoisotopic (exact) mass is 178 g/mol. The molecule has 3 N–H and O–H groups in total. The van der Waals surface area contributed by atoms with Crippen LogP contribution in [0.5, 0.6) is 0 Å². The van der Waals surface area contributed by atoms with Gasteiger partial charge in [0.15, 0.2) is 0 Å². The van der Waals surface area contributed by atoms with Crippen molar-refractivity contribution in [3.8, 4) is 0 Å². The van der Waals surface area contributed by atoms with E-state index in [1.807, 2.05) is 12.1 Å². The third kappa shape index (κ3) is 1.89. The highest BCUT2D eigenvalue weighted by Gasteiger charge is 2.22. The van der Waals surface area contributed by atoms with Gasteiger partial charge in [-0.25, -0.2) is 4.98 Å². The van der Waals surface area contributed by atoms with Crippen molar-refractivity contribution in [1.29, 1.82) is 0 Å². The number of rotatable bonds is 2. The molecule has 1 saturated heterocycles. The minimum Gasteiger partial charge on any atom is -0.384 e. The molecule has 0 spiro atoms. The van der Waals surface area contributed by atoms with E-state index in [9.17, 15) is 0 Å². The lowest BCUT2D eigenvalue weighted by Gasteiger charge is -2.37. The first-order valence-electron chi connectivity index (χ1n) is 4.40. The number of likely N-dealkylation sites (tertiary alicyclic amines) is 1. The molecule has 0 amide bonds. The van der Waals surface area contributed by atoms with Gasteiger partial charge in [0.05, 0.1) is 6.04 Å². The molecule has 4 nitrogen and oxygen atoms in total. The van der Waals surface area contributed by atoms with Gasteiger partial charge in [-0.3, -0.25) is 0 Å². The second kappa shape index (κ2) is 3.22. The Kier molecular flexibility index (Phi) is 2.06. The zero-order chi connectivity index (χ0) is 9.26. The predicted octanol–water partition coefficient (Wildman–Crippen LogP) is 0.390. The van der Waals surface area contributed by atoms with Crippen molar-refractivity contribution in [1.82, 2.24) is 9.88 Å². The third-order valence-corrected chi connectivity index (χ3v) is 2.22. The smallest absolute Gasteiger partial charge is 0.125 e. The Morgan fingerprint density at radius 3 is 3.00 bits per heavy atom. The molecule has 0 aliphatic carbocycles. The second-order valence-electron chi connectivity index (χ2n) is 3.53. The zero-order valence-corrected chi connectivity index (χ0v) is 7.70. The van der Waals surface area contributed by atoms with Gasteiger partial charge in [-0.15, -0.1) is 0 Å². The SMILES string of the molecule is CN1CC(Nc2ccnc(N)c2)C1. The highest BCUT2D eigenvalue weighted by atomic mass is 15.2. The highest BCUT2D eigenvalue weighted by molar-refractivity contribution is 5.50. The van der Waals surface area contributed by atoms with E-state index in [0.717, 1.165) is 18.8 Å². The van der Waals surface area contributed by atoms with E-state index in [-0.39, 0.29) is 0 Å². The van der Waals surface area contributed by atoms with Crippen LogP contribution < -0.4 is 11.1 Å². The molecule has 1 aliphatic heterocycles. The molecule has 1 aromatic rings. The van der Waals surface area contributed by atoms with Gasteiger partial charge in [-0.1, -0.05) is 0 Å². The van der Waals surface area contributed by atoms with Crippen LogP contribution in [0.25, 0.3) is 0 Å². The summed E-state index contributed by atoms with van der Waals surface area (Å²) in [7, 11) is 2.11. The summed E-state index contributed by atoms with van der Waals surface area (Å²) in [5.74, 6) is 0.567. The normalized spacial score (nSPS) is 18.2. The van der Waals surface area contributed by atoms with Crippen LogP contribution in [-0.4, -0.2) is 36.1 Å². The number of pyridine rings is 1. The maximum absolute atomic E-state index is 5.56. The number of aromatic nitrogens is 1. The molecule has 1 fully saturated rings. The van der Waals surface area contributed by atoms with Crippen LogP contribution in [0, 0.1) is 0 Å². The number of hydrogen-bond acceptors (Lipinski definition) is 4. The molecule has 0 atom stereocenters. The van der Waals surface area contributed by atoms with Crippen molar-refractivity contribution in [2.75, 3.05) is 31.2 Å². The van der Waals surface area contributed by atoms with E-state index >= 15 is 0 Å². The largest absolute Gasteiger partial charge is 0.384 e. The maximum atomic E-state index is 5.56. The fourth-order valence-electron chi connectivity index (χ4n) is 1.56. The van der Waals surface area contributed by atoms with Gasteiger partial charge in [0.2, 0.25) is 0 Å². The van der Waals surface area contributed by atoms with E-state index in [0.29, 0.717) is 11.9 Å². The van der Waals surface area contributed by atoms with Crippen LogP contribution in [0.1, 0.15) is 0 Å². The Morgan fingerprint density at radius 1 is 1.62 bits per heavy atom. The fourth-order valence-corrected chi connectivity index (χ4v) is 1.56. The average molecular weight is 178 g/mol. The molecule has 0 unspecified atom stereocenters. The molecule has 1 aliphatic rings. The van der Waals surface area contributed by atoms with E-state index in [2.05, 4.69) is 22.2 Å². The number of nitrogens with one attached hydrogen (secondary N) is 1. The lowest BCUT2D eigenvalue weighted by Crippen LogP contribution is -2.52. The molecule has 70 valence electrons. The molecule has 13 heavy (non-hydrogen) atoms. The topological polar surface area (TPSA) is 54.2 Å². The van der Waals surface area contributed by atoms with Gasteiger partial charge < -0.3 is 16.0 Å². The van der Waals surface area contributed by atoms with E-state index in [1.165, 1.54) is 0 Å². The summed E-state index contributed by atoms with van der Waals surface area (Å²) in [6.07, 6.45) is 1.72. The molecular formula is C9H14N4. The highest BCUT2D eigenvalue weighted by Crippen LogP contribution is 2.14. The van der Waals surface area contributed by atoms with Gasteiger partial charge in [0.1, 0.15) is 5.82 Å². The molecule has 0 bridgehead atoms. The van der Waals surface area contributed by atoms with Gasteiger partial charge in [-0.2, -0.15) is 0 Å². The summed E-state index contributed by atoms with van der Waals surface area (Å²) in [6, 6.07) is 4.36. The van der Waals surface area contributed by atoms with Crippen molar-refractivity contribution in [2.45, 2.75) is 6.04 Å². The molecule has 1 aromatic heterocycles. The first-order valence-corrected chi connectivity index (χ1v) is 4.40. The standard InChI is InChI=1S/C9H14N4/c1-13-5-8(6-13)12-7-2-3-11-9(10)4-7/h2-4,8H,5-6H2,1H3,(H3,10,11,12). The Morgan fingerprint density at radius 2 is 2.38 bits per heavy atom. The third-order valence-electron chi connectivity index (χ3n) is 2.22. The second-order valence-corrected chi connectivity index (χ2v) is 3.53. The summed E-state index contributed by atoms with van der Waals surface area (Å²) in [6.45, 7) is 2.20. The maximum Gasteiger partial charge on any atom is 0.125 e. The van der Waals surface area contributed by atoms with E-state index < -0.39 is 0 Å². The number of likely N-dealkylation sites (N-methyl/N-ethyl adjacent to an activating group) is 1. The summed E-state index contributed by atoms with van der Waals surface area (Å²) >= 11 is 0. The summed E-state index contributed by atoms with van der Waals surface area (Å²) < 4.78 is 0. The number of anilines is 2. The predicted molar refractivity (Wildman–Crippen MR) is 53.6 cm³/mol. The molecule has 0 radical (unpaired) electrons. The number of nitrogens with two attached hydrogens (primary N) is 1. The van der Waals surface area contributed by atoms with Crippen LogP contribution in [0.15, 0.2) is 18.3 Å². The lowest BCUT2D eigenvalue weighted by molar-refractivity contribution is 0.205. The zero-order valence-electron chi connectivity index (χ0n) is 7.70. The van der Waals surface area contributed by atoms with Crippen LogP contribution in [0.3, 0.4) is 0 Å². The quantitative estimate of drug-likeness (QED) is 0.688. The Bertz CT molecular complexity index is 293. The summed E-state index contributed by atoms with van der Waals surface area (Å²) in [4.78, 5) is 6.20. The Labute approximate surface area is 77.8 Å². The molecule has 2 heterocycles. The van der Waals surface area contributed by atoms with Crippen molar-refractivity contribution >= 4 is 11.5 Å². The number of nitrogen functional groups attached to an aromatic ring is 1. The fraction of sp³-hybridized carbons (Fsp3) is 0.444. The lowest BCUT2D eigenvalue weighted by atomic mass is 10.1. The molecular weight excluding hydrogens is 164 g/mol. The number of hydrogen-bond donors (Lipinski definition) is 2. The van der Waals surface area contributed by atoms with Crippen molar-refractivity contribution in [3.63, 3.8) is 0 Å². The first kappa shape index (κ1) is 8.31. The van der Waals surface area contributed by atoms with Crippen LogP contribution in [0.4, 0.5) is 11.5 Å². The van der Waals surface area contributed by atoms with Crippen molar-refractivity contribution < 1.29 is 0 Å². The van der Waals surface area contributed by atoms with Gasteiger partial charge in [0, 0.05) is 31.0 Å². The van der Waals surface area contributed by atoms with Crippen LogP contribution in [0.2, 0.25) is 0 Å². The van der Waals surface area contributed by atoms with Gasteiger partial charge >= 0.3 is 0 Å². The van der Waals surface area contributed by atoms with Gasteiger partial charge in [-0.05, 0) is 13.1 Å². The van der Waals surface area contributed by atoms with Gasteiger partial charge in [0.25, 0.3) is 0 Å². The van der Waals surface area contributed by atoms with Crippen LogP contribution >= 0.6 is 0 Å². The molecule has 4 heteroatoms. The molecule has 0 aromatic carbocycles. The Hall–Kier alpha value is -1.29. The average Bonchev–Trinajstić information content (AvgIpc) is 2.01. The summed E-state index contributed by atoms with van der Waals surface area (Å²) in [5.41, 5.74) is 6.62. The van der Waals surface area contributed by atoms with E-state index in [1.54, 1.807) is 6.20 Å². The van der Waals surface area contributed by atoms with Crippen molar-refractivity contribution in [2.24, 2.45) is 0 Å².